The van der Waals surface area contributed by atoms with Crippen molar-refractivity contribution < 1.29 is 14.3 Å². The van der Waals surface area contributed by atoms with E-state index in [0.717, 1.165) is 39.3 Å². The molecule has 0 unspecified atom stereocenters. The van der Waals surface area contributed by atoms with Crippen molar-refractivity contribution in [1.29, 1.82) is 0 Å². The maximum absolute atomic E-state index is 12.6. The predicted molar refractivity (Wildman–Crippen MR) is 87.1 cm³/mol. The van der Waals surface area contributed by atoms with Crippen LogP contribution < -0.4 is 9.47 Å². The molecule has 126 valence electrons. The summed E-state index contributed by atoms with van der Waals surface area (Å²) in [6.07, 6.45) is 5.60. The number of piperazine rings is 1. The zero-order valence-electron chi connectivity index (χ0n) is 13.4. The molecule has 4 rings (SSSR count). The van der Waals surface area contributed by atoms with Gasteiger partial charge in [-0.25, -0.2) is 4.98 Å². The second kappa shape index (κ2) is 6.52. The molecular formula is C17H20N4O3. The van der Waals surface area contributed by atoms with E-state index in [0.29, 0.717) is 17.1 Å². The Hall–Kier alpha value is -2.54. The third-order valence-corrected chi connectivity index (χ3v) is 4.51. The molecule has 0 atom stereocenters. The van der Waals surface area contributed by atoms with Crippen molar-refractivity contribution in [1.82, 2.24) is 19.4 Å². The topological polar surface area (TPSA) is 59.8 Å². The molecule has 0 aliphatic carbocycles. The lowest BCUT2D eigenvalue weighted by molar-refractivity contribution is 0.0633. The summed E-state index contributed by atoms with van der Waals surface area (Å²) in [5, 5.41) is 0. The standard InChI is InChI=1S/C17H20N4O3/c22-17(14-1-2-15-16(11-14)24-13-23-15)21-9-7-19(8-10-21)5-6-20-4-3-18-12-20/h1-4,11-12H,5-10,13H2. The molecule has 1 aromatic carbocycles. The van der Waals surface area contributed by atoms with Gasteiger partial charge in [0, 0.05) is 57.2 Å². The fraction of sp³-hybridized carbons (Fsp3) is 0.412. The molecule has 1 fully saturated rings. The minimum atomic E-state index is 0.0579. The van der Waals surface area contributed by atoms with Crippen molar-refractivity contribution in [2.45, 2.75) is 6.54 Å². The monoisotopic (exact) mass is 328 g/mol. The Morgan fingerprint density at radius 2 is 1.92 bits per heavy atom. The van der Waals surface area contributed by atoms with Crippen LogP contribution in [0.25, 0.3) is 0 Å². The van der Waals surface area contributed by atoms with Crippen LogP contribution in [0.15, 0.2) is 36.9 Å². The smallest absolute Gasteiger partial charge is 0.254 e. The van der Waals surface area contributed by atoms with E-state index in [-0.39, 0.29) is 12.7 Å². The number of rotatable bonds is 4. The zero-order chi connectivity index (χ0) is 16.4. The van der Waals surface area contributed by atoms with Gasteiger partial charge in [-0.2, -0.15) is 0 Å². The minimum Gasteiger partial charge on any atom is -0.454 e. The fourth-order valence-corrected chi connectivity index (χ4v) is 3.06. The molecule has 0 N–H and O–H groups in total. The molecule has 7 nitrogen and oxygen atoms in total. The number of imidazole rings is 1. The first-order valence-electron chi connectivity index (χ1n) is 8.16. The van der Waals surface area contributed by atoms with Crippen LogP contribution in [0.2, 0.25) is 0 Å². The van der Waals surface area contributed by atoms with Crippen LogP contribution in [0, 0.1) is 0 Å². The van der Waals surface area contributed by atoms with E-state index in [4.69, 9.17) is 9.47 Å². The SMILES string of the molecule is O=C(c1ccc2c(c1)OCO2)N1CCN(CCn2ccnc2)CC1. The molecular weight excluding hydrogens is 308 g/mol. The molecule has 2 aromatic rings. The van der Waals surface area contributed by atoms with Crippen molar-refractivity contribution in [3.8, 4) is 11.5 Å². The highest BCUT2D eigenvalue weighted by Crippen LogP contribution is 2.32. The second-order valence-corrected chi connectivity index (χ2v) is 6.00. The number of carbonyl (C=O) groups is 1. The Bertz CT molecular complexity index is 709. The van der Waals surface area contributed by atoms with Gasteiger partial charge in [-0.05, 0) is 18.2 Å². The number of nitrogens with zero attached hydrogens (tertiary/aromatic N) is 4. The highest BCUT2D eigenvalue weighted by molar-refractivity contribution is 5.95. The molecule has 24 heavy (non-hydrogen) atoms. The van der Waals surface area contributed by atoms with Crippen LogP contribution >= 0.6 is 0 Å². The van der Waals surface area contributed by atoms with E-state index in [1.54, 1.807) is 24.4 Å². The molecule has 2 aliphatic rings. The number of hydrogen-bond acceptors (Lipinski definition) is 5. The Morgan fingerprint density at radius 1 is 1.08 bits per heavy atom. The molecule has 0 spiro atoms. The molecule has 0 radical (unpaired) electrons. The number of aromatic nitrogens is 2. The van der Waals surface area contributed by atoms with Crippen LogP contribution in [0.1, 0.15) is 10.4 Å². The molecule has 1 aromatic heterocycles. The van der Waals surface area contributed by atoms with Crippen LogP contribution in [-0.2, 0) is 6.54 Å². The lowest BCUT2D eigenvalue weighted by Gasteiger charge is -2.34. The average molecular weight is 328 g/mol. The lowest BCUT2D eigenvalue weighted by atomic mass is 10.1. The van der Waals surface area contributed by atoms with E-state index >= 15 is 0 Å². The molecule has 0 bridgehead atoms. The van der Waals surface area contributed by atoms with Crippen LogP contribution in [0.5, 0.6) is 11.5 Å². The number of ether oxygens (including phenoxy) is 2. The highest BCUT2D eigenvalue weighted by atomic mass is 16.7. The third kappa shape index (κ3) is 3.07. The Balaban J connectivity index is 1.31. The van der Waals surface area contributed by atoms with Gasteiger partial charge in [-0.3, -0.25) is 9.69 Å². The summed E-state index contributed by atoms with van der Waals surface area (Å²) in [4.78, 5) is 21.0. The summed E-state index contributed by atoms with van der Waals surface area (Å²) in [5.74, 6) is 1.42. The predicted octanol–water partition coefficient (Wildman–Crippen LogP) is 1.07. The van der Waals surface area contributed by atoms with Gasteiger partial charge in [0.2, 0.25) is 6.79 Å². The quantitative estimate of drug-likeness (QED) is 0.840. The van der Waals surface area contributed by atoms with Gasteiger partial charge >= 0.3 is 0 Å². The second-order valence-electron chi connectivity index (χ2n) is 6.00. The van der Waals surface area contributed by atoms with E-state index in [9.17, 15) is 4.79 Å². The first-order valence-corrected chi connectivity index (χ1v) is 8.16. The largest absolute Gasteiger partial charge is 0.454 e. The summed E-state index contributed by atoms with van der Waals surface area (Å²) in [7, 11) is 0. The van der Waals surface area contributed by atoms with Crippen molar-refractivity contribution in [3.05, 3.63) is 42.5 Å². The highest BCUT2D eigenvalue weighted by Gasteiger charge is 2.23. The van der Waals surface area contributed by atoms with Crippen molar-refractivity contribution in [3.63, 3.8) is 0 Å². The van der Waals surface area contributed by atoms with Gasteiger partial charge in [0.1, 0.15) is 0 Å². The lowest BCUT2D eigenvalue weighted by Crippen LogP contribution is -2.49. The number of amides is 1. The van der Waals surface area contributed by atoms with Gasteiger partial charge < -0.3 is 18.9 Å². The van der Waals surface area contributed by atoms with Gasteiger partial charge in [0.15, 0.2) is 11.5 Å². The van der Waals surface area contributed by atoms with Gasteiger partial charge in [-0.15, -0.1) is 0 Å². The molecule has 3 heterocycles. The Kier molecular flexibility index (Phi) is 4.08. The zero-order valence-corrected chi connectivity index (χ0v) is 13.4. The summed E-state index contributed by atoms with van der Waals surface area (Å²) < 4.78 is 12.7. The summed E-state index contributed by atoms with van der Waals surface area (Å²) in [6.45, 7) is 5.41. The Labute approximate surface area is 140 Å². The molecule has 1 saturated heterocycles. The van der Waals surface area contributed by atoms with E-state index in [2.05, 4.69) is 14.5 Å². The van der Waals surface area contributed by atoms with E-state index < -0.39 is 0 Å². The summed E-state index contributed by atoms with van der Waals surface area (Å²) in [6, 6.07) is 5.38. The van der Waals surface area contributed by atoms with E-state index in [1.165, 1.54) is 0 Å². The van der Waals surface area contributed by atoms with Crippen LogP contribution in [0.3, 0.4) is 0 Å². The normalized spacial score (nSPS) is 17.2. The van der Waals surface area contributed by atoms with E-state index in [1.807, 2.05) is 17.4 Å². The number of fused-ring (bicyclic) bond motifs is 1. The number of hydrogen-bond donors (Lipinski definition) is 0. The van der Waals surface area contributed by atoms with Gasteiger partial charge in [0.25, 0.3) is 5.91 Å². The average Bonchev–Trinajstić information content (AvgIpc) is 3.30. The van der Waals surface area contributed by atoms with Crippen molar-refractivity contribution in [2.75, 3.05) is 39.5 Å². The van der Waals surface area contributed by atoms with Gasteiger partial charge in [0.05, 0.1) is 6.33 Å². The summed E-state index contributed by atoms with van der Waals surface area (Å²) >= 11 is 0. The molecule has 2 aliphatic heterocycles. The van der Waals surface area contributed by atoms with Crippen LogP contribution in [-0.4, -0.2) is 64.8 Å². The minimum absolute atomic E-state index is 0.0579. The maximum Gasteiger partial charge on any atom is 0.254 e. The van der Waals surface area contributed by atoms with Gasteiger partial charge in [-0.1, -0.05) is 0 Å². The molecule has 1 amide bonds. The third-order valence-electron chi connectivity index (χ3n) is 4.51. The molecule has 0 saturated carbocycles. The fourth-order valence-electron chi connectivity index (χ4n) is 3.06. The van der Waals surface area contributed by atoms with Crippen LogP contribution in [0.4, 0.5) is 0 Å². The van der Waals surface area contributed by atoms with Crippen molar-refractivity contribution in [2.24, 2.45) is 0 Å². The number of benzene rings is 1. The first-order chi connectivity index (χ1) is 11.8. The molecule has 7 heteroatoms. The van der Waals surface area contributed by atoms with Crippen molar-refractivity contribution >= 4 is 5.91 Å². The Morgan fingerprint density at radius 3 is 2.71 bits per heavy atom. The first kappa shape index (κ1) is 15.0. The summed E-state index contributed by atoms with van der Waals surface area (Å²) in [5.41, 5.74) is 0.658. The maximum atomic E-state index is 12.6. The number of carbonyl (C=O) groups excluding carboxylic acids is 1.